The molecule has 0 aliphatic rings. The summed E-state index contributed by atoms with van der Waals surface area (Å²) in [6.45, 7) is 1.84. The highest BCUT2D eigenvalue weighted by Crippen LogP contribution is 2.24. The van der Waals surface area contributed by atoms with Gasteiger partial charge in [-0.2, -0.15) is 0 Å². The number of carbonyl (C=O) groups is 2. The third-order valence-electron chi connectivity index (χ3n) is 3.77. The number of hydrogen-bond donors (Lipinski definition) is 2. The Morgan fingerprint density at radius 1 is 1.16 bits per heavy atom. The number of rotatable bonds is 4. The van der Waals surface area contributed by atoms with Crippen LogP contribution in [0.2, 0.25) is 0 Å². The fraction of sp³-hybridized carbons (Fsp3) is 0.111. The molecular formula is C18H13F2NO4. The van der Waals surface area contributed by atoms with Crippen molar-refractivity contribution in [2.45, 2.75) is 13.0 Å². The lowest BCUT2D eigenvalue weighted by Gasteiger charge is -2.15. The number of halogens is 2. The SMILES string of the molecule is Cc1ccc2occ(C(=O)NC(C(=O)O)c3ccc(F)cc3F)c2c1. The Kier molecular flexibility index (Phi) is 4.22. The number of carboxylic acid groups (broad SMARTS) is 1. The molecular weight excluding hydrogens is 332 g/mol. The minimum Gasteiger partial charge on any atom is -0.479 e. The number of benzene rings is 2. The summed E-state index contributed by atoms with van der Waals surface area (Å²) in [7, 11) is 0. The van der Waals surface area contributed by atoms with Gasteiger partial charge in [0.2, 0.25) is 0 Å². The van der Waals surface area contributed by atoms with Crippen molar-refractivity contribution < 1.29 is 27.9 Å². The van der Waals surface area contributed by atoms with E-state index in [1.165, 1.54) is 6.26 Å². The van der Waals surface area contributed by atoms with E-state index in [4.69, 9.17) is 4.42 Å². The standard InChI is InChI=1S/C18H13F2NO4/c1-9-2-5-15-12(6-9)13(8-25-15)17(22)21-16(18(23)24)11-4-3-10(19)7-14(11)20/h2-8,16H,1H3,(H,21,22)(H,23,24). The van der Waals surface area contributed by atoms with Crippen molar-refractivity contribution in [3.8, 4) is 0 Å². The van der Waals surface area contributed by atoms with Gasteiger partial charge in [-0.15, -0.1) is 0 Å². The molecule has 1 aromatic heterocycles. The predicted molar refractivity (Wildman–Crippen MR) is 85.2 cm³/mol. The zero-order valence-electron chi connectivity index (χ0n) is 13.0. The number of hydrogen-bond acceptors (Lipinski definition) is 3. The molecule has 1 unspecified atom stereocenters. The highest BCUT2D eigenvalue weighted by atomic mass is 19.1. The van der Waals surface area contributed by atoms with Gasteiger partial charge in [-0.05, 0) is 25.1 Å². The minimum absolute atomic E-state index is 0.132. The molecule has 0 saturated heterocycles. The Bertz CT molecular complexity index is 980. The van der Waals surface area contributed by atoms with Gasteiger partial charge in [-0.25, -0.2) is 13.6 Å². The molecule has 0 fully saturated rings. The van der Waals surface area contributed by atoms with Crippen LogP contribution < -0.4 is 5.32 Å². The Balaban J connectivity index is 1.95. The van der Waals surface area contributed by atoms with Gasteiger partial charge >= 0.3 is 5.97 Å². The monoisotopic (exact) mass is 345 g/mol. The van der Waals surface area contributed by atoms with Crippen molar-refractivity contribution in [1.82, 2.24) is 5.32 Å². The molecule has 2 N–H and O–H groups in total. The summed E-state index contributed by atoms with van der Waals surface area (Å²) in [4.78, 5) is 23.9. The number of nitrogens with one attached hydrogen (secondary N) is 1. The zero-order chi connectivity index (χ0) is 18.1. The number of fused-ring (bicyclic) bond motifs is 1. The predicted octanol–water partition coefficient (Wildman–Crippen LogP) is 3.58. The fourth-order valence-corrected chi connectivity index (χ4v) is 2.54. The normalized spacial score (nSPS) is 12.1. The molecule has 25 heavy (non-hydrogen) atoms. The molecule has 7 heteroatoms. The third kappa shape index (κ3) is 3.21. The van der Waals surface area contributed by atoms with E-state index in [1.54, 1.807) is 12.1 Å². The summed E-state index contributed by atoms with van der Waals surface area (Å²) in [6, 6.07) is 6.04. The first-order chi connectivity index (χ1) is 11.9. The van der Waals surface area contributed by atoms with E-state index in [0.29, 0.717) is 17.0 Å². The van der Waals surface area contributed by atoms with Crippen molar-refractivity contribution in [1.29, 1.82) is 0 Å². The van der Waals surface area contributed by atoms with E-state index in [0.717, 1.165) is 17.7 Å². The van der Waals surface area contributed by atoms with Crippen LogP contribution in [0.15, 0.2) is 47.1 Å². The minimum atomic E-state index is -1.66. The summed E-state index contributed by atoms with van der Waals surface area (Å²) in [5.41, 5.74) is 1.15. The van der Waals surface area contributed by atoms with Crippen molar-refractivity contribution >= 4 is 22.8 Å². The Hall–Kier alpha value is -3.22. The molecule has 5 nitrogen and oxygen atoms in total. The molecule has 3 aromatic rings. The molecule has 0 bridgehead atoms. The molecule has 0 spiro atoms. The maximum absolute atomic E-state index is 13.9. The van der Waals surface area contributed by atoms with Crippen LogP contribution in [-0.4, -0.2) is 17.0 Å². The molecule has 1 amide bonds. The van der Waals surface area contributed by atoms with Gasteiger partial charge in [0.15, 0.2) is 6.04 Å². The van der Waals surface area contributed by atoms with Gasteiger partial charge in [0.05, 0.1) is 5.56 Å². The summed E-state index contributed by atoms with van der Waals surface area (Å²) in [5, 5.41) is 12.1. The topological polar surface area (TPSA) is 79.5 Å². The van der Waals surface area contributed by atoms with E-state index in [1.807, 2.05) is 13.0 Å². The average Bonchev–Trinajstić information content (AvgIpc) is 2.96. The molecule has 0 radical (unpaired) electrons. The van der Waals surface area contributed by atoms with Crippen molar-refractivity contribution in [2.24, 2.45) is 0 Å². The average molecular weight is 345 g/mol. The summed E-state index contributed by atoms with van der Waals surface area (Å²) in [6.07, 6.45) is 1.21. The van der Waals surface area contributed by atoms with Crippen LogP contribution in [0.3, 0.4) is 0 Å². The number of aryl methyl sites for hydroxylation is 1. The van der Waals surface area contributed by atoms with Gasteiger partial charge < -0.3 is 14.8 Å². The molecule has 1 heterocycles. The maximum Gasteiger partial charge on any atom is 0.331 e. The van der Waals surface area contributed by atoms with Crippen LogP contribution in [0, 0.1) is 18.6 Å². The summed E-state index contributed by atoms with van der Waals surface area (Å²) in [5.74, 6) is -4.10. The van der Waals surface area contributed by atoms with E-state index >= 15 is 0 Å². The Labute approximate surface area is 140 Å². The van der Waals surface area contributed by atoms with Crippen LogP contribution in [0.25, 0.3) is 11.0 Å². The van der Waals surface area contributed by atoms with E-state index in [9.17, 15) is 23.5 Å². The maximum atomic E-state index is 13.9. The number of amides is 1. The van der Waals surface area contributed by atoms with Crippen LogP contribution in [-0.2, 0) is 4.79 Å². The second kappa shape index (κ2) is 6.35. The second-order valence-electron chi connectivity index (χ2n) is 5.56. The lowest BCUT2D eigenvalue weighted by molar-refractivity contribution is -0.139. The number of furan rings is 1. The number of carbonyl (C=O) groups excluding carboxylic acids is 1. The summed E-state index contributed by atoms with van der Waals surface area (Å²) < 4.78 is 32.2. The molecule has 1 atom stereocenters. The Morgan fingerprint density at radius 3 is 2.60 bits per heavy atom. The van der Waals surface area contributed by atoms with Crippen LogP contribution >= 0.6 is 0 Å². The van der Waals surface area contributed by atoms with Crippen molar-refractivity contribution in [2.75, 3.05) is 0 Å². The fourth-order valence-electron chi connectivity index (χ4n) is 2.54. The van der Waals surface area contributed by atoms with Crippen LogP contribution in [0.5, 0.6) is 0 Å². The highest BCUT2D eigenvalue weighted by molar-refractivity contribution is 6.07. The van der Waals surface area contributed by atoms with Crippen LogP contribution in [0.4, 0.5) is 8.78 Å². The Morgan fingerprint density at radius 2 is 1.92 bits per heavy atom. The van der Waals surface area contributed by atoms with E-state index < -0.39 is 29.6 Å². The first-order valence-corrected chi connectivity index (χ1v) is 7.33. The van der Waals surface area contributed by atoms with Gasteiger partial charge in [-0.1, -0.05) is 17.7 Å². The molecule has 0 saturated carbocycles. The quantitative estimate of drug-likeness (QED) is 0.757. The lowest BCUT2D eigenvalue weighted by atomic mass is 10.0. The first kappa shape index (κ1) is 16.6. The zero-order valence-corrected chi connectivity index (χ0v) is 13.0. The van der Waals surface area contributed by atoms with Gasteiger partial charge in [0.1, 0.15) is 23.5 Å². The second-order valence-corrected chi connectivity index (χ2v) is 5.56. The number of aliphatic carboxylic acids is 1. The highest BCUT2D eigenvalue weighted by Gasteiger charge is 2.27. The van der Waals surface area contributed by atoms with Gasteiger partial charge in [-0.3, -0.25) is 4.79 Å². The first-order valence-electron chi connectivity index (χ1n) is 7.33. The smallest absolute Gasteiger partial charge is 0.331 e. The number of carboxylic acids is 1. The molecule has 3 rings (SSSR count). The molecule has 128 valence electrons. The van der Waals surface area contributed by atoms with E-state index in [2.05, 4.69) is 5.32 Å². The molecule has 0 aliphatic carbocycles. The lowest BCUT2D eigenvalue weighted by Crippen LogP contribution is -2.34. The van der Waals surface area contributed by atoms with Crippen molar-refractivity contribution in [3.63, 3.8) is 0 Å². The van der Waals surface area contributed by atoms with E-state index in [-0.39, 0.29) is 11.1 Å². The molecule has 0 aliphatic heterocycles. The van der Waals surface area contributed by atoms with Gasteiger partial charge in [0.25, 0.3) is 5.91 Å². The van der Waals surface area contributed by atoms with Gasteiger partial charge in [0, 0.05) is 17.0 Å². The van der Waals surface area contributed by atoms with Crippen LogP contribution in [0.1, 0.15) is 27.5 Å². The molecule has 2 aromatic carbocycles. The largest absolute Gasteiger partial charge is 0.479 e. The van der Waals surface area contributed by atoms with Crippen molar-refractivity contribution in [3.05, 3.63) is 71.0 Å². The third-order valence-corrected chi connectivity index (χ3v) is 3.77. The summed E-state index contributed by atoms with van der Waals surface area (Å²) >= 11 is 0.